The maximum atomic E-state index is 11.5. The number of ether oxygens (including phenoxy) is 9. The van der Waals surface area contributed by atoms with Crippen LogP contribution in [0.5, 0.6) is 0 Å². The van der Waals surface area contributed by atoms with Crippen LogP contribution in [0, 0.1) is 136 Å². The number of aliphatic carboxylic acids is 1. The van der Waals surface area contributed by atoms with E-state index in [2.05, 4.69) is 104 Å². The van der Waals surface area contributed by atoms with E-state index in [1.54, 1.807) is 0 Å². The molecule has 21 heteroatoms. The summed E-state index contributed by atoms with van der Waals surface area (Å²) in [4.78, 5) is 120. The maximum Gasteiger partial charge on any atom is 0.336 e. The SMILES string of the molecule is C.C.C=C1C=CC(=O)O1.C=C1CCC(=O)O1.C=C1OC(=O)C2C3C=CC(C3)C12.C=C1OC(=O)C2C3C=CC(C3C)C12.C=C1OC(=O)C2C3CCC(C3)C12.C=C1OC(=O)C2C3CCC(C3C)C12.C=C1OC(=O)C2CC=CCC12.O=C1OC(=O)C2CCCCC12.O=COC1CCCCC1C(=O)O. The number of cyclic esters (lactones) is 9. The Bertz CT molecular complexity index is 3300. The van der Waals surface area contributed by atoms with Gasteiger partial charge in [-0.25, -0.2) is 4.79 Å². The van der Waals surface area contributed by atoms with Gasteiger partial charge in [-0.3, -0.25) is 47.9 Å². The van der Waals surface area contributed by atoms with E-state index in [0.29, 0.717) is 138 Å². The molecule has 0 amide bonds. The summed E-state index contributed by atoms with van der Waals surface area (Å²) in [5.74, 6) is 9.67. The molecule has 19 rings (SSSR count). The zero-order valence-corrected chi connectivity index (χ0v) is 55.8. The van der Waals surface area contributed by atoms with Crippen LogP contribution in [-0.2, 0) is 95.4 Å². The van der Waals surface area contributed by atoms with Crippen molar-refractivity contribution in [2.24, 2.45) is 136 Å². The van der Waals surface area contributed by atoms with Crippen LogP contribution in [0.25, 0.3) is 0 Å². The number of hydrogen-bond acceptors (Lipinski definition) is 20. The second-order valence-electron chi connectivity index (χ2n) is 29.2. The molecule has 11 aliphatic carbocycles. The fourth-order valence-electron chi connectivity index (χ4n) is 19.4. The average Bonchev–Trinajstić information content (AvgIpc) is 1.59. The fraction of sp³-hybridized carbons (Fsp3) is 0.582. The van der Waals surface area contributed by atoms with Crippen molar-refractivity contribution >= 4 is 66.2 Å². The monoisotopic (exact) mass is 1380 g/mol. The summed E-state index contributed by atoms with van der Waals surface area (Å²) in [6.45, 7) is 30.7. The van der Waals surface area contributed by atoms with E-state index in [9.17, 15) is 52.7 Å². The summed E-state index contributed by atoms with van der Waals surface area (Å²) in [6.07, 6.45) is 32.6. The van der Waals surface area contributed by atoms with E-state index in [1.807, 2.05) is 6.08 Å². The topological polar surface area (TPSA) is 291 Å². The number of carboxylic acid groups (broad SMARTS) is 1. The van der Waals surface area contributed by atoms with Gasteiger partial charge >= 0.3 is 59.7 Å². The van der Waals surface area contributed by atoms with E-state index in [0.717, 1.165) is 69.3 Å². The van der Waals surface area contributed by atoms with Crippen molar-refractivity contribution in [2.45, 2.75) is 150 Å². The van der Waals surface area contributed by atoms with E-state index >= 15 is 0 Å². The molecule has 1 N–H and O–H groups in total. The molecule has 540 valence electrons. The molecule has 24 unspecified atom stereocenters. The first kappa shape index (κ1) is 75.7. The number of allylic oxidation sites excluding steroid dienone is 13. The van der Waals surface area contributed by atoms with Crippen molar-refractivity contribution in [3.63, 3.8) is 0 Å². The first-order valence-electron chi connectivity index (χ1n) is 34.9. The number of fused-ring (bicyclic) bond motifs is 22. The number of rotatable bonds is 3. The Balaban J connectivity index is 0.000000132. The summed E-state index contributed by atoms with van der Waals surface area (Å²) in [5, 5.41) is 8.74. The van der Waals surface area contributed by atoms with Gasteiger partial charge in [0.25, 0.3) is 6.47 Å². The van der Waals surface area contributed by atoms with Crippen molar-refractivity contribution < 1.29 is 100 Å². The van der Waals surface area contributed by atoms with Crippen molar-refractivity contribution in [1.82, 2.24) is 0 Å². The highest BCUT2D eigenvalue weighted by Gasteiger charge is 2.62. The molecule has 8 aliphatic heterocycles. The number of carboxylic acids is 1. The Morgan fingerprint density at radius 3 is 1.46 bits per heavy atom. The van der Waals surface area contributed by atoms with Gasteiger partial charge in [0.15, 0.2) is 0 Å². The first-order chi connectivity index (χ1) is 46.8. The van der Waals surface area contributed by atoms with Crippen molar-refractivity contribution in [3.05, 3.63) is 135 Å². The highest BCUT2D eigenvalue weighted by Crippen LogP contribution is 2.62. The minimum Gasteiger partial charge on any atom is -0.481 e. The molecule has 8 bridgehead atoms. The predicted molar refractivity (Wildman–Crippen MR) is 361 cm³/mol. The molecule has 0 aromatic heterocycles. The van der Waals surface area contributed by atoms with E-state index < -0.39 is 18.0 Å². The van der Waals surface area contributed by atoms with Crippen LogP contribution < -0.4 is 0 Å². The maximum absolute atomic E-state index is 11.5. The summed E-state index contributed by atoms with van der Waals surface area (Å²) < 4.78 is 43.4. The summed E-state index contributed by atoms with van der Waals surface area (Å²) >= 11 is 0. The van der Waals surface area contributed by atoms with Crippen LogP contribution in [0.4, 0.5) is 0 Å². The van der Waals surface area contributed by atoms with Crippen molar-refractivity contribution in [2.75, 3.05) is 0 Å². The van der Waals surface area contributed by atoms with Gasteiger partial charge < -0.3 is 47.7 Å². The second kappa shape index (κ2) is 32.0. The van der Waals surface area contributed by atoms with Crippen LogP contribution in [0.2, 0.25) is 0 Å². The van der Waals surface area contributed by atoms with Gasteiger partial charge in [-0.1, -0.05) is 130 Å². The lowest BCUT2D eigenvalue weighted by Crippen LogP contribution is -2.33. The lowest BCUT2D eigenvalue weighted by Gasteiger charge is -2.26. The average molecular weight is 1380 g/mol. The zero-order chi connectivity index (χ0) is 70.1. The van der Waals surface area contributed by atoms with Gasteiger partial charge in [-0.05, 0) is 149 Å². The highest BCUT2D eigenvalue weighted by molar-refractivity contribution is 5.96. The quantitative estimate of drug-likeness (QED) is 0.0903. The third-order valence-corrected chi connectivity index (χ3v) is 24.1. The molecule has 8 saturated carbocycles. The fourth-order valence-corrected chi connectivity index (χ4v) is 19.4. The molecule has 0 aromatic carbocycles. The predicted octanol–water partition coefficient (Wildman–Crippen LogP) is 13.0. The smallest absolute Gasteiger partial charge is 0.336 e. The molecule has 7 saturated heterocycles. The Kier molecular flexibility index (Phi) is 24.2. The first-order valence-corrected chi connectivity index (χ1v) is 34.9. The molecule has 8 heterocycles. The second-order valence-corrected chi connectivity index (χ2v) is 29.2. The molecule has 0 spiro atoms. The minimum absolute atomic E-state index is 0. The molecular weight excluding hydrogens is 1280 g/mol. The molecular formula is C79H98O21. The highest BCUT2D eigenvalue weighted by atomic mass is 16.6. The van der Waals surface area contributed by atoms with Crippen LogP contribution in [0.3, 0.4) is 0 Å². The number of carbonyl (C=O) groups excluding carboxylic acids is 10. The summed E-state index contributed by atoms with van der Waals surface area (Å²) in [5.41, 5.74) is 0. The molecule has 19 aliphatic rings. The third kappa shape index (κ3) is 15.4. The summed E-state index contributed by atoms with van der Waals surface area (Å²) in [7, 11) is 0. The van der Waals surface area contributed by atoms with Gasteiger partial charge in [0.2, 0.25) is 0 Å². The van der Waals surface area contributed by atoms with Crippen LogP contribution in [0.1, 0.15) is 144 Å². The van der Waals surface area contributed by atoms with Gasteiger partial charge in [0.1, 0.15) is 46.4 Å². The molecule has 0 aromatic rings. The molecule has 24 atom stereocenters. The Hall–Kier alpha value is -8.49. The van der Waals surface area contributed by atoms with E-state index in [4.69, 9.17) is 33.5 Å². The number of hydrogen-bond donors (Lipinski definition) is 1. The molecule has 21 nitrogen and oxygen atoms in total. The minimum atomic E-state index is -0.860. The van der Waals surface area contributed by atoms with Gasteiger partial charge in [0.05, 0.1) is 53.8 Å². The zero-order valence-electron chi connectivity index (χ0n) is 55.8. The molecule has 15 fully saturated rings. The van der Waals surface area contributed by atoms with Gasteiger partial charge in [0, 0.05) is 42.1 Å². The number of carbonyl (C=O) groups is 11. The van der Waals surface area contributed by atoms with Gasteiger partial charge in [-0.2, -0.15) is 0 Å². The normalized spacial score (nSPS) is 39.3. The largest absolute Gasteiger partial charge is 0.481 e. The Morgan fingerprint density at radius 1 is 0.460 bits per heavy atom. The van der Waals surface area contributed by atoms with Gasteiger partial charge in [-0.15, -0.1) is 0 Å². The van der Waals surface area contributed by atoms with Crippen LogP contribution in [-0.4, -0.2) is 77.4 Å². The Labute approximate surface area is 585 Å². The standard InChI is InChI=1S/C11H14O2.C11H12O2.C10H12O2.C10H10O2.C9H10O2.C8H12O4.C8H10O3.C5H6O2.C5H4O2.2CH4/c2*1-5-7-3-4-8(5)10-9(7)6(2)13-11(10)12;2*1-5-8-6-2-3-7(4-6)9(8)10(11)12-5;1-6-7-4-2-3-5-8(7)9(10)11-6;9-5-12-7-4-2-1-3-6(7)8(10)11;9-7-5-3-1-2-4-6(5)8(10)11-7;2*1-4-2-3-5(6)7-4;;/h5,7-10H,2-4H2,1H3;3-5,7-10H,2H2,1H3;6-9H,1-4H2;2-3,6-9H,1,4H2;2-3,7-8H,1,4-5H2;5-7H,1-4H2,(H,10,11);5-6H,1-4H2;1-3H2;2-3H,1H2;2*1H4. The molecule has 100 heavy (non-hydrogen) atoms. The van der Waals surface area contributed by atoms with Crippen molar-refractivity contribution in [3.8, 4) is 0 Å². The van der Waals surface area contributed by atoms with E-state index in [1.165, 1.54) is 44.3 Å². The summed E-state index contributed by atoms with van der Waals surface area (Å²) in [6, 6.07) is 0. The Morgan fingerprint density at radius 2 is 0.960 bits per heavy atom. The lowest BCUT2D eigenvalue weighted by atomic mass is 9.80. The van der Waals surface area contributed by atoms with E-state index in [-0.39, 0.29) is 122 Å². The van der Waals surface area contributed by atoms with Crippen molar-refractivity contribution in [1.29, 1.82) is 0 Å². The third-order valence-electron chi connectivity index (χ3n) is 24.1. The number of esters is 9. The van der Waals surface area contributed by atoms with Crippen LogP contribution >= 0.6 is 0 Å². The molecule has 0 radical (unpaired) electrons. The lowest BCUT2D eigenvalue weighted by molar-refractivity contribution is -0.155. The van der Waals surface area contributed by atoms with Crippen LogP contribution in [0.15, 0.2) is 135 Å².